The molecule has 2 N–H and O–H groups in total. The van der Waals surface area contributed by atoms with Crippen molar-refractivity contribution in [2.45, 2.75) is 130 Å². The molecule has 0 spiro atoms. The van der Waals surface area contributed by atoms with Crippen molar-refractivity contribution in [2.75, 3.05) is 20.2 Å². The second-order valence-corrected chi connectivity index (χ2v) is 13.5. The number of ether oxygens (including phenoxy) is 5. The Bertz CT molecular complexity index is 930. The molecule has 44 heavy (non-hydrogen) atoms. The van der Waals surface area contributed by atoms with E-state index in [0.717, 1.165) is 64.2 Å². The van der Waals surface area contributed by atoms with E-state index in [-0.39, 0.29) is 31.3 Å². The summed E-state index contributed by atoms with van der Waals surface area (Å²) in [7, 11) is -3.27. The van der Waals surface area contributed by atoms with Gasteiger partial charge in [-0.1, -0.05) is 47.5 Å². The molecule has 2 rings (SSSR count). The van der Waals surface area contributed by atoms with Crippen LogP contribution in [0, 0.1) is 11.8 Å². The van der Waals surface area contributed by atoms with Gasteiger partial charge in [0.2, 0.25) is 18.5 Å². The van der Waals surface area contributed by atoms with Crippen LogP contribution in [0.25, 0.3) is 0 Å². The summed E-state index contributed by atoms with van der Waals surface area (Å²) in [6, 6.07) is 0. The molecule has 2 unspecified atom stereocenters. The summed E-state index contributed by atoms with van der Waals surface area (Å²) >= 11 is 0. The molecule has 0 aliphatic heterocycles. The van der Waals surface area contributed by atoms with Crippen molar-refractivity contribution in [3.8, 4) is 0 Å². The maximum Gasteiger partial charge on any atom is 0.510 e. The topological polar surface area (TPSA) is 175 Å². The van der Waals surface area contributed by atoms with Crippen LogP contribution >= 0.6 is 7.75 Å². The first-order valence-corrected chi connectivity index (χ1v) is 17.2. The molecular formula is C29H52N3O11P. The van der Waals surface area contributed by atoms with Crippen LogP contribution in [0.1, 0.15) is 105 Å². The average molecular weight is 650 g/mol. The number of likely N-dealkylation sites (N-methyl/N-ethyl adjacent to an activating group) is 1. The number of nitrogens with zero attached hydrogens (tertiary/aromatic N) is 2. The predicted octanol–water partition coefficient (Wildman–Crippen LogP) is 6.26. The molecule has 2 saturated carbocycles. The summed E-state index contributed by atoms with van der Waals surface area (Å²) in [4.78, 5) is 38.6. The lowest BCUT2D eigenvalue weighted by Gasteiger charge is -2.29. The van der Waals surface area contributed by atoms with Gasteiger partial charge in [0, 0.05) is 18.9 Å². The number of hydrogen-bond acceptors (Lipinski definition) is 11. The van der Waals surface area contributed by atoms with Gasteiger partial charge in [0.15, 0.2) is 0 Å². The van der Waals surface area contributed by atoms with Crippen LogP contribution in [-0.2, 0) is 42.1 Å². The first-order valence-electron chi connectivity index (χ1n) is 15.8. The van der Waals surface area contributed by atoms with Crippen molar-refractivity contribution in [2.24, 2.45) is 22.3 Å². The number of carbonyl (C=O) groups is 3. The van der Waals surface area contributed by atoms with Gasteiger partial charge in [-0.2, -0.15) is 0 Å². The van der Waals surface area contributed by atoms with E-state index in [1.54, 1.807) is 27.7 Å². The molecule has 2 aliphatic carbocycles. The number of guanidine groups is 1. The minimum Gasteiger partial charge on any atom is -0.464 e. The molecule has 2 atom stereocenters. The van der Waals surface area contributed by atoms with Gasteiger partial charge in [0.1, 0.15) is 18.8 Å². The number of rotatable bonds is 15. The van der Waals surface area contributed by atoms with Crippen LogP contribution in [0.5, 0.6) is 0 Å². The number of nitrogens with two attached hydrogens (primary N) is 1. The van der Waals surface area contributed by atoms with Crippen LogP contribution in [0.15, 0.2) is 4.76 Å². The highest BCUT2D eigenvalue weighted by molar-refractivity contribution is 7.52. The highest BCUT2D eigenvalue weighted by atomic mass is 31.2. The van der Waals surface area contributed by atoms with Crippen molar-refractivity contribution in [3.05, 3.63) is 0 Å². The zero-order valence-corrected chi connectivity index (χ0v) is 28.0. The van der Waals surface area contributed by atoms with Crippen molar-refractivity contribution < 1.29 is 51.7 Å². The molecule has 0 heterocycles. The Morgan fingerprint density at radius 3 is 1.64 bits per heavy atom. The molecule has 2 aliphatic rings. The number of esters is 1. The molecule has 254 valence electrons. The van der Waals surface area contributed by atoms with E-state index < -0.39 is 50.4 Å². The first kappa shape index (κ1) is 37.6. The summed E-state index contributed by atoms with van der Waals surface area (Å²) in [5, 5.41) is 0. The van der Waals surface area contributed by atoms with Gasteiger partial charge in [-0.15, -0.1) is 4.76 Å². The minimum absolute atomic E-state index is 0.225. The molecule has 2 fully saturated rings. The SMILES string of the molecule is CCCOC(=O)CN(C)C(N)=NP(=O)(OC(OC(=O)OC1CCCCC1)C(C)C)OC(OC(=O)OC1CCCCC1)C(C)C. The van der Waals surface area contributed by atoms with E-state index in [0.29, 0.717) is 6.42 Å². The summed E-state index contributed by atoms with van der Waals surface area (Å²) in [5.74, 6) is -2.02. The van der Waals surface area contributed by atoms with Crippen molar-refractivity contribution in [1.29, 1.82) is 0 Å². The Balaban J connectivity index is 2.26. The third-order valence-corrected chi connectivity index (χ3v) is 8.47. The fourth-order valence-electron chi connectivity index (χ4n) is 4.51. The van der Waals surface area contributed by atoms with E-state index in [9.17, 15) is 18.9 Å². The van der Waals surface area contributed by atoms with Gasteiger partial charge in [0.25, 0.3) is 0 Å². The molecular weight excluding hydrogens is 597 g/mol. The maximum atomic E-state index is 14.2. The average Bonchev–Trinajstić information content (AvgIpc) is 2.96. The lowest BCUT2D eigenvalue weighted by atomic mass is 9.98. The lowest BCUT2D eigenvalue weighted by molar-refractivity contribution is -0.144. The Morgan fingerprint density at radius 2 is 1.25 bits per heavy atom. The highest BCUT2D eigenvalue weighted by Gasteiger charge is 2.39. The Hall–Kier alpha value is -2.57. The van der Waals surface area contributed by atoms with Crippen LogP contribution in [0.2, 0.25) is 0 Å². The number of carbonyl (C=O) groups excluding carboxylic acids is 3. The van der Waals surface area contributed by atoms with Gasteiger partial charge in [0.05, 0.1) is 6.61 Å². The maximum absolute atomic E-state index is 14.2. The third-order valence-electron chi connectivity index (χ3n) is 7.07. The summed E-state index contributed by atoms with van der Waals surface area (Å²) < 4.78 is 56.5. The molecule has 0 aromatic heterocycles. The van der Waals surface area contributed by atoms with Crippen molar-refractivity contribution >= 4 is 32.0 Å². The molecule has 0 aromatic rings. The Morgan fingerprint density at radius 1 is 0.818 bits per heavy atom. The zero-order chi connectivity index (χ0) is 32.7. The third kappa shape index (κ3) is 14.0. The Kier molecular flexibility index (Phi) is 16.3. The predicted molar refractivity (Wildman–Crippen MR) is 161 cm³/mol. The van der Waals surface area contributed by atoms with E-state index in [1.807, 2.05) is 6.92 Å². The molecule has 0 amide bonds. The molecule has 0 bridgehead atoms. The fraction of sp³-hybridized carbons (Fsp3) is 0.862. The summed E-state index contributed by atoms with van der Waals surface area (Å²) in [6.07, 6.45) is 4.05. The van der Waals surface area contributed by atoms with Crippen LogP contribution in [0.4, 0.5) is 9.59 Å². The quantitative estimate of drug-likeness (QED) is 0.0526. The van der Waals surface area contributed by atoms with Gasteiger partial charge in [-0.25, -0.2) is 23.2 Å². The van der Waals surface area contributed by atoms with Gasteiger partial charge < -0.3 is 34.3 Å². The number of hydrogen-bond donors (Lipinski definition) is 1. The second kappa shape index (κ2) is 19.1. The van der Waals surface area contributed by atoms with Crippen LogP contribution in [0.3, 0.4) is 0 Å². The molecule has 0 radical (unpaired) electrons. The largest absolute Gasteiger partial charge is 0.510 e. The highest BCUT2D eigenvalue weighted by Crippen LogP contribution is 2.54. The lowest BCUT2D eigenvalue weighted by Crippen LogP contribution is -2.39. The van der Waals surface area contributed by atoms with E-state index in [2.05, 4.69) is 4.76 Å². The minimum atomic E-state index is -4.71. The van der Waals surface area contributed by atoms with Gasteiger partial charge in [-0.05, 0) is 57.8 Å². The van der Waals surface area contributed by atoms with Crippen molar-refractivity contribution in [3.63, 3.8) is 0 Å². The Labute approximate surface area is 261 Å². The van der Waals surface area contributed by atoms with Gasteiger partial charge >= 0.3 is 26.0 Å². The zero-order valence-electron chi connectivity index (χ0n) is 27.1. The van der Waals surface area contributed by atoms with Gasteiger partial charge in [-0.3, -0.25) is 4.79 Å². The van der Waals surface area contributed by atoms with Crippen molar-refractivity contribution in [1.82, 2.24) is 4.90 Å². The smallest absolute Gasteiger partial charge is 0.464 e. The normalized spacial score (nSPS) is 19.5. The summed E-state index contributed by atoms with van der Waals surface area (Å²) in [5.41, 5.74) is 6.10. The monoisotopic (exact) mass is 649 g/mol. The fourth-order valence-corrected chi connectivity index (χ4v) is 6.16. The van der Waals surface area contributed by atoms with E-state index in [1.165, 1.54) is 11.9 Å². The standard InChI is InChI=1S/C29H52N3O11P/c1-7-18-37-24(33)19-32(6)27(30)31-44(36,42-25(20(2)3)40-28(34)38-22-14-10-8-11-15-22)43-26(21(4)5)41-29(35)39-23-16-12-9-13-17-23/h20-23,25-26H,7-19H2,1-6H3,(H2,30,31,36). The summed E-state index contributed by atoms with van der Waals surface area (Å²) in [6.45, 7) is 8.46. The molecule has 15 heteroatoms. The van der Waals surface area contributed by atoms with Crippen LogP contribution < -0.4 is 5.73 Å². The molecule has 14 nitrogen and oxygen atoms in total. The molecule has 0 saturated heterocycles. The second-order valence-electron chi connectivity index (χ2n) is 11.9. The first-order chi connectivity index (χ1) is 20.8. The van der Waals surface area contributed by atoms with E-state index in [4.69, 9.17) is 38.5 Å². The molecule has 0 aromatic carbocycles. The van der Waals surface area contributed by atoms with Crippen LogP contribution in [-0.4, -0.2) is 74.1 Å². The van der Waals surface area contributed by atoms with E-state index >= 15 is 0 Å².